The molecule has 0 saturated heterocycles. The van der Waals surface area contributed by atoms with Crippen molar-refractivity contribution >= 4 is 17.8 Å². The summed E-state index contributed by atoms with van der Waals surface area (Å²) in [5.74, 6) is -1.49. The maximum atomic E-state index is 12.0. The van der Waals surface area contributed by atoms with Crippen LogP contribution in [0.4, 0.5) is 0 Å². The van der Waals surface area contributed by atoms with E-state index in [1.807, 2.05) is 0 Å². The molecule has 6 nitrogen and oxygen atoms in total. The molecule has 20 heavy (non-hydrogen) atoms. The Kier molecular flexibility index (Phi) is 5.71. The normalized spacial score (nSPS) is 11.3. The van der Waals surface area contributed by atoms with Gasteiger partial charge in [0.1, 0.15) is 6.04 Å². The van der Waals surface area contributed by atoms with Gasteiger partial charge in [0.15, 0.2) is 0 Å². The maximum absolute atomic E-state index is 12.0. The van der Waals surface area contributed by atoms with Gasteiger partial charge in [-0.15, -0.1) is 0 Å². The van der Waals surface area contributed by atoms with E-state index in [2.05, 4.69) is 14.8 Å². The van der Waals surface area contributed by atoms with E-state index in [1.54, 1.807) is 25.1 Å². The van der Waals surface area contributed by atoms with Gasteiger partial charge in [-0.2, -0.15) is 0 Å². The topological polar surface area (TPSA) is 81.7 Å². The van der Waals surface area contributed by atoms with Crippen molar-refractivity contribution in [3.05, 3.63) is 35.4 Å². The molecule has 1 N–H and O–H groups in total. The van der Waals surface area contributed by atoms with Crippen LogP contribution in [0.5, 0.6) is 0 Å². The maximum Gasteiger partial charge on any atom is 0.337 e. The van der Waals surface area contributed by atoms with Crippen LogP contribution in [-0.4, -0.2) is 38.1 Å². The van der Waals surface area contributed by atoms with Crippen molar-refractivity contribution in [2.75, 3.05) is 14.2 Å². The molecule has 1 atom stereocenters. The van der Waals surface area contributed by atoms with Crippen molar-refractivity contribution in [3.63, 3.8) is 0 Å². The third kappa shape index (κ3) is 3.81. The van der Waals surface area contributed by atoms with Crippen LogP contribution in [0.2, 0.25) is 0 Å². The molecular weight excluding hydrogens is 262 g/mol. The van der Waals surface area contributed by atoms with E-state index in [1.165, 1.54) is 20.3 Å². The second kappa shape index (κ2) is 7.28. The fraction of sp³-hybridized carbons (Fsp3) is 0.357. The standard InChI is InChI=1S/C14H17NO5/c1-4-11(14(18)20-3)15-12(16)9-6-5-7-10(8-9)13(17)19-2/h5-8,11H,4H2,1-3H3,(H,15,16)/t11-/m1/s1. The quantitative estimate of drug-likeness (QED) is 0.818. The molecule has 1 amide bonds. The van der Waals surface area contributed by atoms with E-state index < -0.39 is 23.9 Å². The Balaban J connectivity index is 2.87. The summed E-state index contributed by atoms with van der Waals surface area (Å²) < 4.78 is 9.18. The predicted molar refractivity (Wildman–Crippen MR) is 71.3 cm³/mol. The number of nitrogens with one attached hydrogen (secondary N) is 1. The fourth-order valence-electron chi connectivity index (χ4n) is 1.62. The number of rotatable bonds is 5. The SMILES string of the molecule is CC[C@@H](NC(=O)c1cccc(C(=O)OC)c1)C(=O)OC. The first-order chi connectivity index (χ1) is 9.53. The van der Waals surface area contributed by atoms with Gasteiger partial charge in [-0.05, 0) is 24.6 Å². The van der Waals surface area contributed by atoms with Crippen molar-refractivity contribution in [2.24, 2.45) is 0 Å². The van der Waals surface area contributed by atoms with Crippen molar-refractivity contribution in [1.82, 2.24) is 5.32 Å². The highest BCUT2D eigenvalue weighted by Gasteiger charge is 2.20. The summed E-state index contributed by atoms with van der Waals surface area (Å²) in [4.78, 5) is 34.8. The molecule has 0 unspecified atom stereocenters. The second-order valence-corrected chi connectivity index (χ2v) is 4.03. The number of hydrogen-bond donors (Lipinski definition) is 1. The molecule has 0 aliphatic heterocycles. The molecule has 0 bridgehead atoms. The van der Waals surface area contributed by atoms with Crippen molar-refractivity contribution in [3.8, 4) is 0 Å². The summed E-state index contributed by atoms with van der Waals surface area (Å²) in [5.41, 5.74) is 0.543. The monoisotopic (exact) mass is 279 g/mol. The molecule has 0 heterocycles. The Labute approximate surface area is 117 Å². The van der Waals surface area contributed by atoms with Crippen LogP contribution >= 0.6 is 0 Å². The number of amides is 1. The second-order valence-electron chi connectivity index (χ2n) is 4.03. The molecule has 0 aliphatic carbocycles. The average Bonchev–Trinajstić information content (AvgIpc) is 2.50. The smallest absolute Gasteiger partial charge is 0.337 e. The van der Waals surface area contributed by atoms with Gasteiger partial charge < -0.3 is 14.8 Å². The van der Waals surface area contributed by atoms with Crippen molar-refractivity contribution in [2.45, 2.75) is 19.4 Å². The van der Waals surface area contributed by atoms with Gasteiger partial charge in [-0.1, -0.05) is 13.0 Å². The first-order valence-corrected chi connectivity index (χ1v) is 6.10. The number of carbonyl (C=O) groups is 3. The van der Waals surface area contributed by atoms with Crippen LogP contribution in [0.3, 0.4) is 0 Å². The Bertz CT molecular complexity index is 512. The third-order valence-corrected chi connectivity index (χ3v) is 2.75. The lowest BCUT2D eigenvalue weighted by atomic mass is 10.1. The van der Waals surface area contributed by atoms with Crippen molar-refractivity contribution < 1.29 is 23.9 Å². The van der Waals surface area contributed by atoms with Crippen LogP contribution in [0.15, 0.2) is 24.3 Å². The molecule has 6 heteroatoms. The molecule has 0 radical (unpaired) electrons. The third-order valence-electron chi connectivity index (χ3n) is 2.75. The van der Waals surface area contributed by atoms with Gasteiger partial charge in [0.05, 0.1) is 19.8 Å². The van der Waals surface area contributed by atoms with Gasteiger partial charge >= 0.3 is 11.9 Å². The molecule has 0 fully saturated rings. The van der Waals surface area contributed by atoms with Gasteiger partial charge in [0, 0.05) is 5.56 Å². The summed E-state index contributed by atoms with van der Waals surface area (Å²) in [7, 11) is 2.52. The van der Waals surface area contributed by atoms with E-state index in [9.17, 15) is 14.4 Å². The Hall–Kier alpha value is -2.37. The largest absolute Gasteiger partial charge is 0.467 e. The summed E-state index contributed by atoms with van der Waals surface area (Å²) in [6, 6.07) is 5.35. The summed E-state index contributed by atoms with van der Waals surface area (Å²) in [6.45, 7) is 1.76. The summed E-state index contributed by atoms with van der Waals surface area (Å²) in [5, 5.41) is 2.55. The minimum absolute atomic E-state index is 0.270. The molecule has 0 spiro atoms. The van der Waals surface area contributed by atoms with Crippen LogP contribution in [0, 0.1) is 0 Å². The zero-order chi connectivity index (χ0) is 15.1. The van der Waals surface area contributed by atoms with E-state index >= 15 is 0 Å². The number of benzene rings is 1. The van der Waals surface area contributed by atoms with Crippen LogP contribution < -0.4 is 5.32 Å². The number of carbonyl (C=O) groups excluding carboxylic acids is 3. The average molecular weight is 279 g/mol. The van der Waals surface area contributed by atoms with Crippen LogP contribution in [0.1, 0.15) is 34.1 Å². The zero-order valence-corrected chi connectivity index (χ0v) is 11.6. The number of esters is 2. The lowest BCUT2D eigenvalue weighted by Crippen LogP contribution is -2.41. The summed E-state index contributed by atoms with van der Waals surface area (Å²) in [6.07, 6.45) is 0.412. The van der Waals surface area contributed by atoms with E-state index in [-0.39, 0.29) is 11.1 Å². The predicted octanol–water partition coefficient (Wildman–Crippen LogP) is 1.15. The number of hydrogen-bond acceptors (Lipinski definition) is 5. The molecular formula is C14H17NO5. The molecule has 0 saturated carbocycles. The lowest BCUT2D eigenvalue weighted by Gasteiger charge is -2.14. The Morgan fingerprint density at radius 1 is 1.15 bits per heavy atom. The molecule has 1 rings (SSSR count). The van der Waals surface area contributed by atoms with Crippen LogP contribution in [0.25, 0.3) is 0 Å². The highest BCUT2D eigenvalue weighted by atomic mass is 16.5. The number of ether oxygens (including phenoxy) is 2. The highest BCUT2D eigenvalue weighted by molar-refractivity contribution is 5.99. The van der Waals surface area contributed by atoms with Crippen LogP contribution in [-0.2, 0) is 14.3 Å². The first-order valence-electron chi connectivity index (χ1n) is 6.10. The Morgan fingerprint density at radius 3 is 2.35 bits per heavy atom. The minimum atomic E-state index is -0.714. The van der Waals surface area contributed by atoms with Gasteiger partial charge in [0.25, 0.3) is 5.91 Å². The molecule has 0 aliphatic rings. The van der Waals surface area contributed by atoms with E-state index in [0.717, 1.165) is 0 Å². The molecule has 1 aromatic rings. The minimum Gasteiger partial charge on any atom is -0.467 e. The van der Waals surface area contributed by atoms with Gasteiger partial charge in [-0.25, -0.2) is 9.59 Å². The molecule has 0 aromatic heterocycles. The van der Waals surface area contributed by atoms with Gasteiger partial charge in [-0.3, -0.25) is 4.79 Å². The zero-order valence-electron chi connectivity index (χ0n) is 11.6. The van der Waals surface area contributed by atoms with E-state index in [4.69, 9.17) is 0 Å². The molecule has 108 valence electrons. The number of methoxy groups -OCH3 is 2. The molecule has 1 aromatic carbocycles. The first kappa shape index (κ1) is 15.7. The van der Waals surface area contributed by atoms with Crippen molar-refractivity contribution in [1.29, 1.82) is 0 Å². The Morgan fingerprint density at radius 2 is 1.80 bits per heavy atom. The fourth-order valence-corrected chi connectivity index (χ4v) is 1.62. The summed E-state index contributed by atoms with van der Waals surface area (Å²) >= 11 is 0. The highest BCUT2D eigenvalue weighted by Crippen LogP contribution is 2.07. The van der Waals surface area contributed by atoms with E-state index in [0.29, 0.717) is 6.42 Å². The van der Waals surface area contributed by atoms with Gasteiger partial charge in [0.2, 0.25) is 0 Å². The lowest BCUT2D eigenvalue weighted by molar-refractivity contribution is -0.142.